The molecule has 0 saturated carbocycles. The van der Waals surface area contributed by atoms with Crippen LogP contribution in [0.5, 0.6) is 5.75 Å². The fourth-order valence-electron chi connectivity index (χ4n) is 4.10. The summed E-state index contributed by atoms with van der Waals surface area (Å²) in [5, 5.41) is 5.49. The molecule has 3 aromatic rings. The van der Waals surface area contributed by atoms with Crippen molar-refractivity contribution in [1.82, 2.24) is 24.5 Å². The Morgan fingerprint density at radius 2 is 2.16 bits per heavy atom. The maximum absolute atomic E-state index is 6.20. The van der Waals surface area contributed by atoms with E-state index in [2.05, 4.69) is 46.3 Å². The molecule has 0 saturated heterocycles. The molecule has 2 aromatic heterocycles. The van der Waals surface area contributed by atoms with Gasteiger partial charge < -0.3 is 10.5 Å². The van der Waals surface area contributed by atoms with Gasteiger partial charge in [-0.25, -0.2) is 9.97 Å². The van der Waals surface area contributed by atoms with Gasteiger partial charge in [0, 0.05) is 30.9 Å². The second-order valence-electron chi connectivity index (χ2n) is 7.47. The summed E-state index contributed by atoms with van der Waals surface area (Å²) >= 11 is 0. The molecular formula is C23H27N7O. The zero-order valence-electron chi connectivity index (χ0n) is 18.0. The third kappa shape index (κ3) is 3.82. The molecule has 1 aromatic carbocycles. The second kappa shape index (κ2) is 8.69. The summed E-state index contributed by atoms with van der Waals surface area (Å²) in [6, 6.07) is 5.94. The van der Waals surface area contributed by atoms with Gasteiger partial charge in [0.2, 0.25) is 5.95 Å². The summed E-state index contributed by atoms with van der Waals surface area (Å²) in [5.41, 5.74) is 9.76. The molecule has 0 spiro atoms. The number of benzene rings is 1. The molecule has 160 valence electrons. The molecule has 4 rings (SSSR count). The summed E-state index contributed by atoms with van der Waals surface area (Å²) in [4.78, 5) is 15.9. The van der Waals surface area contributed by atoms with Gasteiger partial charge in [0.05, 0.1) is 12.0 Å². The van der Waals surface area contributed by atoms with E-state index in [1.54, 1.807) is 4.52 Å². The zero-order chi connectivity index (χ0) is 22.0. The van der Waals surface area contributed by atoms with Crippen molar-refractivity contribution in [1.29, 1.82) is 0 Å². The summed E-state index contributed by atoms with van der Waals surface area (Å²) in [7, 11) is 0. The highest BCUT2D eigenvalue weighted by molar-refractivity contribution is 5.95. The lowest BCUT2D eigenvalue weighted by Crippen LogP contribution is -2.35. The zero-order valence-corrected chi connectivity index (χ0v) is 18.0. The fraction of sp³-hybridized carbons (Fsp3) is 0.304. The van der Waals surface area contributed by atoms with Crippen LogP contribution < -0.4 is 10.5 Å². The highest BCUT2D eigenvalue weighted by Gasteiger charge is 2.27. The van der Waals surface area contributed by atoms with Crippen LogP contribution >= 0.6 is 0 Å². The topological polar surface area (TPSA) is 93.9 Å². The van der Waals surface area contributed by atoms with E-state index in [4.69, 9.17) is 15.5 Å². The fourth-order valence-corrected chi connectivity index (χ4v) is 4.10. The Balaban J connectivity index is 1.66. The van der Waals surface area contributed by atoms with E-state index in [0.717, 1.165) is 36.4 Å². The van der Waals surface area contributed by atoms with Gasteiger partial charge in [0.1, 0.15) is 5.52 Å². The number of hydrogen-bond acceptors (Lipinski definition) is 7. The smallest absolute Gasteiger partial charge is 0.223 e. The van der Waals surface area contributed by atoms with Gasteiger partial charge in [-0.2, -0.15) is 4.52 Å². The van der Waals surface area contributed by atoms with E-state index in [-0.39, 0.29) is 12.0 Å². The lowest BCUT2D eigenvalue weighted by molar-refractivity contribution is 0.237. The van der Waals surface area contributed by atoms with Crippen LogP contribution in [0.25, 0.3) is 16.6 Å². The number of rotatable bonds is 8. The van der Waals surface area contributed by atoms with Crippen molar-refractivity contribution in [3.8, 4) is 5.75 Å². The van der Waals surface area contributed by atoms with E-state index in [9.17, 15) is 0 Å². The molecule has 1 unspecified atom stereocenters. The summed E-state index contributed by atoms with van der Waals surface area (Å²) in [5.74, 6) is 1.59. The average molecular weight is 418 g/mol. The molecule has 8 nitrogen and oxygen atoms in total. The largest absolute Gasteiger partial charge is 0.463 e. The highest BCUT2D eigenvalue weighted by Crippen LogP contribution is 2.29. The van der Waals surface area contributed by atoms with Gasteiger partial charge in [-0.15, -0.1) is 5.10 Å². The monoisotopic (exact) mass is 417 g/mol. The van der Waals surface area contributed by atoms with Crippen molar-refractivity contribution in [3.05, 3.63) is 60.3 Å². The molecule has 0 fully saturated rings. The Morgan fingerprint density at radius 3 is 2.87 bits per heavy atom. The Morgan fingerprint density at radius 1 is 1.32 bits per heavy atom. The number of nitrogen functional groups attached to an aromatic ring is 1. The molecule has 1 atom stereocenters. The van der Waals surface area contributed by atoms with Gasteiger partial charge in [-0.05, 0) is 37.8 Å². The summed E-state index contributed by atoms with van der Waals surface area (Å²) < 4.78 is 7.09. The molecular weight excluding hydrogens is 390 g/mol. The van der Waals surface area contributed by atoms with Crippen molar-refractivity contribution in [2.45, 2.75) is 32.7 Å². The standard InChI is InChI=1S/C23H27N7O/c1-5-9-15-13-29(14-18(15)25-4)16(6-2)12-20-26-22-17-10-8-11-19(31-7-3)21(17)27-23(24)30(22)28-20/h5,7-11,16H,3-4,6,12-14H2,1-2H3,(H2,24,27)/b9-5-. The van der Waals surface area contributed by atoms with Crippen LogP contribution in [-0.2, 0) is 6.42 Å². The van der Waals surface area contributed by atoms with Crippen molar-refractivity contribution >= 4 is 29.2 Å². The number of allylic oxidation sites excluding steroid dienone is 1. The van der Waals surface area contributed by atoms with Crippen LogP contribution in [0.3, 0.4) is 0 Å². The van der Waals surface area contributed by atoms with Gasteiger partial charge >= 0.3 is 0 Å². The minimum absolute atomic E-state index is 0.269. The maximum Gasteiger partial charge on any atom is 0.223 e. The number of fused-ring (bicyclic) bond motifs is 3. The Hall–Kier alpha value is -3.52. The first-order valence-electron chi connectivity index (χ1n) is 10.4. The molecule has 0 amide bonds. The number of ether oxygens (including phenoxy) is 1. The first kappa shape index (κ1) is 20.7. The molecule has 0 aliphatic carbocycles. The van der Waals surface area contributed by atoms with Crippen molar-refractivity contribution in [3.63, 3.8) is 0 Å². The van der Waals surface area contributed by atoms with Crippen LogP contribution in [0.4, 0.5) is 5.95 Å². The maximum atomic E-state index is 6.20. The van der Waals surface area contributed by atoms with Crippen LogP contribution in [0.15, 0.2) is 59.5 Å². The van der Waals surface area contributed by atoms with Gasteiger partial charge in [0.15, 0.2) is 17.2 Å². The number of para-hydroxylation sites is 1. The summed E-state index contributed by atoms with van der Waals surface area (Å²) in [6.07, 6.45) is 7.20. The van der Waals surface area contributed by atoms with Crippen LogP contribution in [0.2, 0.25) is 0 Å². The Labute approximate surface area is 181 Å². The van der Waals surface area contributed by atoms with Gasteiger partial charge in [-0.3, -0.25) is 9.89 Å². The number of nitrogens with two attached hydrogens (primary N) is 1. The Bertz CT molecular complexity index is 1210. The average Bonchev–Trinajstić information content (AvgIpc) is 3.38. The number of aromatic nitrogens is 4. The molecule has 8 heteroatoms. The lowest BCUT2D eigenvalue weighted by atomic mass is 10.1. The number of nitrogens with zero attached hydrogens (tertiary/aromatic N) is 6. The van der Waals surface area contributed by atoms with Crippen LogP contribution in [0, 0.1) is 0 Å². The molecule has 3 heterocycles. The Kier molecular flexibility index (Phi) is 5.81. The normalized spacial score (nSPS) is 15.9. The first-order valence-corrected chi connectivity index (χ1v) is 10.4. The molecule has 1 aliphatic rings. The predicted octanol–water partition coefficient (Wildman–Crippen LogP) is 3.55. The van der Waals surface area contributed by atoms with Crippen molar-refractivity contribution < 1.29 is 4.74 Å². The predicted molar refractivity (Wildman–Crippen MR) is 124 cm³/mol. The van der Waals surface area contributed by atoms with Gasteiger partial charge in [-0.1, -0.05) is 31.7 Å². The summed E-state index contributed by atoms with van der Waals surface area (Å²) in [6.45, 7) is 13.2. The van der Waals surface area contributed by atoms with E-state index in [1.807, 2.05) is 31.2 Å². The van der Waals surface area contributed by atoms with Crippen LogP contribution in [0.1, 0.15) is 26.1 Å². The second-order valence-corrected chi connectivity index (χ2v) is 7.47. The number of aliphatic imine (C=N–C) groups is 1. The number of anilines is 1. The highest BCUT2D eigenvalue weighted by atomic mass is 16.5. The molecule has 2 N–H and O–H groups in total. The molecule has 31 heavy (non-hydrogen) atoms. The minimum atomic E-state index is 0.269. The molecule has 0 radical (unpaired) electrons. The molecule has 0 bridgehead atoms. The van der Waals surface area contributed by atoms with E-state index < -0.39 is 0 Å². The lowest BCUT2D eigenvalue weighted by Gasteiger charge is -2.25. The third-order valence-corrected chi connectivity index (χ3v) is 5.61. The van der Waals surface area contributed by atoms with E-state index >= 15 is 0 Å². The van der Waals surface area contributed by atoms with Gasteiger partial charge in [0.25, 0.3) is 0 Å². The first-order chi connectivity index (χ1) is 15.1. The number of hydrogen-bond donors (Lipinski definition) is 1. The van der Waals surface area contributed by atoms with E-state index in [0.29, 0.717) is 23.3 Å². The minimum Gasteiger partial charge on any atom is -0.463 e. The SMILES string of the molecule is C=COc1cccc2c1nc(N)n1nc(CC(CC)N3CC(/C=C\C)=C(N=C)C3)nc21. The van der Waals surface area contributed by atoms with Crippen molar-refractivity contribution in [2.24, 2.45) is 4.99 Å². The van der Waals surface area contributed by atoms with E-state index in [1.165, 1.54) is 11.8 Å². The van der Waals surface area contributed by atoms with Crippen LogP contribution in [-0.4, -0.2) is 50.3 Å². The molecule has 1 aliphatic heterocycles. The van der Waals surface area contributed by atoms with Crippen molar-refractivity contribution in [2.75, 3.05) is 18.8 Å². The third-order valence-electron chi connectivity index (χ3n) is 5.61. The quantitative estimate of drug-likeness (QED) is 0.445.